The first-order chi connectivity index (χ1) is 6.35. The molecule has 0 aliphatic heterocycles. The Bertz CT molecular complexity index is 177. The number of hydrogen-bond donors (Lipinski definition) is 0. The third-order valence-corrected chi connectivity index (χ3v) is 4.22. The lowest BCUT2D eigenvalue weighted by molar-refractivity contribution is 0.218. The van der Waals surface area contributed by atoms with Gasteiger partial charge in [-0.05, 0) is 18.5 Å². The van der Waals surface area contributed by atoms with E-state index in [4.69, 9.17) is 15.3 Å². The van der Waals surface area contributed by atoms with Gasteiger partial charge in [-0.25, -0.2) is 0 Å². The van der Waals surface area contributed by atoms with Crippen LogP contribution in [0, 0.1) is 22.7 Å². The standard InChI is InChI=1S/C9H15N2OP/c1-12-6-9-13(7-2-4-10)8-3-5-11/h2-3,6-9H2,1H3. The van der Waals surface area contributed by atoms with Crippen molar-refractivity contribution in [1.29, 1.82) is 10.5 Å². The molecule has 0 heterocycles. The van der Waals surface area contributed by atoms with Crippen LogP contribution < -0.4 is 0 Å². The van der Waals surface area contributed by atoms with Gasteiger partial charge in [0.05, 0.1) is 18.7 Å². The maximum absolute atomic E-state index is 8.43. The van der Waals surface area contributed by atoms with Gasteiger partial charge < -0.3 is 4.74 Å². The van der Waals surface area contributed by atoms with E-state index < -0.39 is 0 Å². The van der Waals surface area contributed by atoms with Crippen LogP contribution in [0.25, 0.3) is 0 Å². The molecule has 0 radical (unpaired) electrons. The van der Waals surface area contributed by atoms with Crippen molar-refractivity contribution in [2.45, 2.75) is 12.8 Å². The van der Waals surface area contributed by atoms with E-state index in [0.29, 0.717) is 12.8 Å². The van der Waals surface area contributed by atoms with Gasteiger partial charge in [0.15, 0.2) is 0 Å². The molecule has 0 aromatic heterocycles. The molecule has 0 amide bonds. The molecule has 0 N–H and O–H groups in total. The number of nitriles is 2. The fourth-order valence-electron chi connectivity index (χ4n) is 0.972. The van der Waals surface area contributed by atoms with Gasteiger partial charge >= 0.3 is 0 Å². The Balaban J connectivity index is 3.62. The van der Waals surface area contributed by atoms with Gasteiger partial charge in [-0.1, -0.05) is 0 Å². The van der Waals surface area contributed by atoms with Gasteiger partial charge in [-0.15, -0.1) is 7.92 Å². The summed E-state index contributed by atoms with van der Waals surface area (Å²) in [5.74, 6) is 0. The van der Waals surface area contributed by atoms with E-state index in [-0.39, 0.29) is 7.92 Å². The number of methoxy groups -OCH3 is 1. The fourth-order valence-corrected chi connectivity index (χ4v) is 2.92. The van der Waals surface area contributed by atoms with Crippen molar-refractivity contribution < 1.29 is 4.74 Å². The van der Waals surface area contributed by atoms with Crippen molar-refractivity contribution in [3.63, 3.8) is 0 Å². The SMILES string of the molecule is COCCP(CCC#N)CCC#N. The Morgan fingerprint density at radius 3 is 2.00 bits per heavy atom. The predicted octanol–water partition coefficient (Wildman–Crippen LogP) is 1.94. The first-order valence-corrected chi connectivity index (χ1v) is 6.20. The highest BCUT2D eigenvalue weighted by Crippen LogP contribution is 2.36. The molecule has 0 bridgehead atoms. The molecule has 0 aromatic carbocycles. The van der Waals surface area contributed by atoms with Crippen LogP contribution in [0.4, 0.5) is 0 Å². The minimum Gasteiger partial charge on any atom is -0.384 e. The van der Waals surface area contributed by atoms with Gasteiger partial charge in [0, 0.05) is 20.0 Å². The Morgan fingerprint density at radius 1 is 1.08 bits per heavy atom. The second-order valence-corrected chi connectivity index (χ2v) is 5.33. The lowest BCUT2D eigenvalue weighted by Gasteiger charge is -2.13. The van der Waals surface area contributed by atoms with Crippen LogP contribution in [-0.2, 0) is 4.74 Å². The highest BCUT2D eigenvalue weighted by molar-refractivity contribution is 7.57. The summed E-state index contributed by atoms with van der Waals surface area (Å²) in [6, 6.07) is 4.29. The van der Waals surface area contributed by atoms with Crippen LogP contribution in [0.15, 0.2) is 0 Å². The molecule has 0 spiro atoms. The molecular weight excluding hydrogens is 183 g/mol. The summed E-state index contributed by atoms with van der Waals surface area (Å²) in [5, 5.41) is 16.9. The lowest BCUT2D eigenvalue weighted by Crippen LogP contribution is -2.00. The van der Waals surface area contributed by atoms with Crippen LogP contribution in [-0.4, -0.2) is 32.2 Å². The molecule has 0 aliphatic rings. The lowest BCUT2D eigenvalue weighted by atomic mass is 10.5. The Labute approximate surface area is 81.1 Å². The highest BCUT2D eigenvalue weighted by atomic mass is 31.1. The topological polar surface area (TPSA) is 56.8 Å². The third-order valence-electron chi connectivity index (χ3n) is 1.69. The smallest absolute Gasteiger partial charge is 0.0625 e. The van der Waals surface area contributed by atoms with Crippen LogP contribution in [0.1, 0.15) is 12.8 Å². The van der Waals surface area contributed by atoms with E-state index in [2.05, 4.69) is 12.1 Å². The second kappa shape index (κ2) is 9.46. The number of nitrogens with zero attached hydrogens (tertiary/aromatic N) is 2. The minimum absolute atomic E-state index is 0.148. The second-order valence-electron chi connectivity index (χ2n) is 2.65. The number of hydrogen-bond acceptors (Lipinski definition) is 3. The molecule has 0 fully saturated rings. The van der Waals surface area contributed by atoms with Crippen molar-refractivity contribution in [2.24, 2.45) is 0 Å². The summed E-state index contributed by atoms with van der Waals surface area (Å²) >= 11 is 0. The molecule has 3 nitrogen and oxygen atoms in total. The maximum atomic E-state index is 8.43. The van der Waals surface area contributed by atoms with Crippen molar-refractivity contribution in [2.75, 3.05) is 32.2 Å². The van der Waals surface area contributed by atoms with Gasteiger partial charge in [0.2, 0.25) is 0 Å². The van der Waals surface area contributed by atoms with Gasteiger partial charge in [-0.2, -0.15) is 10.5 Å². The van der Waals surface area contributed by atoms with Crippen LogP contribution in [0.2, 0.25) is 0 Å². The average Bonchev–Trinajstić information content (AvgIpc) is 2.17. The average molecular weight is 198 g/mol. The van der Waals surface area contributed by atoms with Gasteiger partial charge in [0.1, 0.15) is 0 Å². The van der Waals surface area contributed by atoms with E-state index in [1.165, 1.54) is 0 Å². The van der Waals surface area contributed by atoms with Crippen LogP contribution in [0.5, 0.6) is 0 Å². The van der Waals surface area contributed by atoms with E-state index >= 15 is 0 Å². The summed E-state index contributed by atoms with van der Waals surface area (Å²) in [6.45, 7) is 0.753. The third kappa shape index (κ3) is 7.72. The zero-order valence-electron chi connectivity index (χ0n) is 7.99. The molecule has 13 heavy (non-hydrogen) atoms. The monoisotopic (exact) mass is 198 g/mol. The molecule has 0 aliphatic carbocycles. The molecular formula is C9H15N2OP. The van der Waals surface area contributed by atoms with E-state index in [9.17, 15) is 0 Å². The fraction of sp³-hybridized carbons (Fsp3) is 0.778. The number of rotatable bonds is 7. The summed E-state index contributed by atoms with van der Waals surface area (Å²) < 4.78 is 4.98. The van der Waals surface area contributed by atoms with Crippen molar-refractivity contribution >= 4 is 7.92 Å². The molecule has 0 atom stereocenters. The highest BCUT2D eigenvalue weighted by Gasteiger charge is 2.06. The predicted molar refractivity (Wildman–Crippen MR) is 53.9 cm³/mol. The number of ether oxygens (including phenoxy) is 1. The maximum Gasteiger partial charge on any atom is 0.0625 e. The van der Waals surface area contributed by atoms with E-state index in [1.807, 2.05) is 0 Å². The Morgan fingerprint density at radius 2 is 1.62 bits per heavy atom. The Hall–Kier alpha value is -0.630. The van der Waals surface area contributed by atoms with Crippen LogP contribution >= 0.6 is 7.92 Å². The van der Waals surface area contributed by atoms with Crippen molar-refractivity contribution in [3.05, 3.63) is 0 Å². The Kier molecular flexibility index (Phi) is 9.00. The molecule has 0 saturated heterocycles. The summed E-state index contributed by atoms with van der Waals surface area (Å²) in [4.78, 5) is 0. The zero-order chi connectivity index (χ0) is 9.94. The normalized spacial score (nSPS) is 9.54. The first-order valence-electron chi connectivity index (χ1n) is 4.30. The molecule has 0 saturated carbocycles. The van der Waals surface area contributed by atoms with Crippen LogP contribution in [0.3, 0.4) is 0 Å². The molecule has 0 rings (SSSR count). The summed E-state index contributed by atoms with van der Waals surface area (Å²) in [6.07, 6.45) is 4.16. The van der Waals surface area contributed by atoms with Crippen molar-refractivity contribution in [1.82, 2.24) is 0 Å². The molecule has 0 unspecified atom stereocenters. The largest absolute Gasteiger partial charge is 0.384 e. The quantitative estimate of drug-likeness (QED) is 0.587. The summed E-state index contributed by atoms with van der Waals surface area (Å²) in [7, 11) is 1.53. The minimum atomic E-state index is -0.148. The summed E-state index contributed by atoms with van der Waals surface area (Å²) in [5.41, 5.74) is 0. The van der Waals surface area contributed by atoms with E-state index in [1.54, 1.807) is 7.11 Å². The molecule has 0 aromatic rings. The first kappa shape index (κ1) is 12.4. The van der Waals surface area contributed by atoms with E-state index in [0.717, 1.165) is 25.1 Å². The zero-order valence-corrected chi connectivity index (χ0v) is 8.89. The van der Waals surface area contributed by atoms with Gasteiger partial charge in [-0.3, -0.25) is 0 Å². The molecule has 4 heteroatoms. The molecule has 72 valence electrons. The van der Waals surface area contributed by atoms with Crippen molar-refractivity contribution in [3.8, 4) is 12.1 Å². The van der Waals surface area contributed by atoms with Gasteiger partial charge in [0.25, 0.3) is 0 Å².